The van der Waals surface area contributed by atoms with Gasteiger partial charge in [0.05, 0.1) is 0 Å². The maximum absolute atomic E-state index is 12.5. The van der Waals surface area contributed by atoms with Gasteiger partial charge < -0.3 is 4.42 Å². The third kappa shape index (κ3) is 2.83. The van der Waals surface area contributed by atoms with E-state index in [0.717, 1.165) is 19.7 Å². The molecule has 1 fully saturated rings. The molecule has 1 amide bonds. The number of nitrogens with zero attached hydrogens (tertiary/aromatic N) is 2. The highest BCUT2D eigenvalue weighted by molar-refractivity contribution is 7.87. The number of hydrogen-bond donors (Lipinski definition) is 0. The Balaban J connectivity index is 2.18. The van der Waals surface area contributed by atoms with E-state index in [4.69, 9.17) is 4.42 Å². The SMILES string of the molecule is Cc1cc2oc(=O)cc(CN3C(C)C(=O)N(C)S3(=O)=O)c2cc1C(C)C. The lowest BCUT2D eigenvalue weighted by molar-refractivity contribution is -0.126. The summed E-state index contributed by atoms with van der Waals surface area (Å²) in [5.41, 5.74) is 2.49. The van der Waals surface area contributed by atoms with E-state index in [-0.39, 0.29) is 12.5 Å². The van der Waals surface area contributed by atoms with Crippen molar-refractivity contribution < 1.29 is 17.6 Å². The zero-order valence-corrected chi connectivity index (χ0v) is 16.3. The normalized spacial score (nSPS) is 20.5. The molecule has 1 aromatic heterocycles. The van der Waals surface area contributed by atoms with E-state index < -0.39 is 27.8 Å². The standard InChI is InChI=1S/C18H22N2O5S/c1-10(2)14-8-15-13(7-17(21)25-16(15)6-11(14)3)9-20-12(4)18(22)19(5)26(20,23)24/h6-8,10,12H,9H2,1-5H3. The molecule has 0 spiro atoms. The van der Waals surface area contributed by atoms with Gasteiger partial charge in [0.25, 0.3) is 5.91 Å². The number of benzene rings is 1. The lowest BCUT2D eigenvalue weighted by atomic mass is 9.95. The Kier molecular flexibility index (Phi) is 4.44. The molecule has 3 rings (SSSR count). The number of carbonyl (C=O) groups excluding carboxylic acids is 1. The first-order chi connectivity index (χ1) is 12.0. The Morgan fingerprint density at radius 3 is 2.38 bits per heavy atom. The van der Waals surface area contributed by atoms with E-state index in [1.165, 1.54) is 13.1 Å². The van der Waals surface area contributed by atoms with E-state index in [2.05, 4.69) is 13.8 Å². The molecule has 2 aromatic rings. The van der Waals surface area contributed by atoms with Crippen molar-refractivity contribution in [2.45, 2.75) is 46.2 Å². The van der Waals surface area contributed by atoms with E-state index in [1.54, 1.807) is 13.0 Å². The van der Waals surface area contributed by atoms with Crippen LogP contribution in [0.15, 0.2) is 27.4 Å². The van der Waals surface area contributed by atoms with Crippen molar-refractivity contribution in [3.05, 3.63) is 45.3 Å². The van der Waals surface area contributed by atoms with Crippen molar-refractivity contribution in [1.29, 1.82) is 0 Å². The average molecular weight is 378 g/mol. The van der Waals surface area contributed by atoms with Crippen LogP contribution in [-0.4, -0.2) is 36.0 Å². The summed E-state index contributed by atoms with van der Waals surface area (Å²) in [5, 5.41) is 0.684. The highest BCUT2D eigenvalue weighted by Gasteiger charge is 2.46. The molecule has 1 aliphatic heterocycles. The molecule has 0 aliphatic carbocycles. The van der Waals surface area contributed by atoms with Gasteiger partial charge in [-0.15, -0.1) is 0 Å². The summed E-state index contributed by atoms with van der Waals surface area (Å²) in [6.45, 7) is 7.55. The predicted molar refractivity (Wildman–Crippen MR) is 98.0 cm³/mol. The van der Waals surface area contributed by atoms with Crippen LogP contribution in [0.2, 0.25) is 0 Å². The van der Waals surface area contributed by atoms with Gasteiger partial charge in [-0.2, -0.15) is 12.7 Å². The summed E-state index contributed by atoms with van der Waals surface area (Å²) in [6.07, 6.45) is 0. The van der Waals surface area contributed by atoms with Gasteiger partial charge in [0.2, 0.25) is 0 Å². The van der Waals surface area contributed by atoms with Crippen LogP contribution in [0.1, 0.15) is 43.4 Å². The minimum absolute atomic E-state index is 0.0672. The molecule has 0 saturated carbocycles. The molecule has 140 valence electrons. The first-order valence-corrected chi connectivity index (χ1v) is 9.80. The van der Waals surface area contributed by atoms with Crippen LogP contribution in [0.5, 0.6) is 0 Å². The molecule has 8 heteroatoms. The van der Waals surface area contributed by atoms with Crippen molar-refractivity contribution in [3.8, 4) is 0 Å². The quantitative estimate of drug-likeness (QED) is 0.764. The Labute approximate surface area is 152 Å². The monoisotopic (exact) mass is 378 g/mol. The number of fused-ring (bicyclic) bond motifs is 1. The molecular weight excluding hydrogens is 356 g/mol. The van der Waals surface area contributed by atoms with Gasteiger partial charge in [-0.1, -0.05) is 13.8 Å². The van der Waals surface area contributed by atoms with Gasteiger partial charge in [0.15, 0.2) is 0 Å². The number of likely N-dealkylation sites (N-methyl/N-ethyl adjacent to an activating group) is 1. The number of amides is 1. The summed E-state index contributed by atoms with van der Waals surface area (Å²) < 4.78 is 32.2. The summed E-state index contributed by atoms with van der Waals surface area (Å²) in [4.78, 5) is 24.0. The molecule has 0 N–H and O–H groups in total. The zero-order valence-electron chi connectivity index (χ0n) is 15.4. The van der Waals surface area contributed by atoms with Crippen LogP contribution in [0.3, 0.4) is 0 Å². The molecule has 1 aromatic carbocycles. The summed E-state index contributed by atoms with van der Waals surface area (Å²) in [6, 6.07) is 4.22. The van der Waals surface area contributed by atoms with Crippen molar-refractivity contribution in [3.63, 3.8) is 0 Å². The summed E-state index contributed by atoms with van der Waals surface area (Å²) in [5.74, 6) is -0.225. The molecule has 26 heavy (non-hydrogen) atoms. The predicted octanol–water partition coefficient (Wildman–Crippen LogP) is 2.13. The lowest BCUT2D eigenvalue weighted by Gasteiger charge is -2.19. The molecular formula is C18H22N2O5S. The van der Waals surface area contributed by atoms with Gasteiger partial charge in [-0.25, -0.2) is 9.10 Å². The van der Waals surface area contributed by atoms with Gasteiger partial charge in [0, 0.05) is 25.0 Å². The van der Waals surface area contributed by atoms with E-state index in [1.807, 2.05) is 13.0 Å². The Morgan fingerprint density at radius 1 is 1.19 bits per heavy atom. The van der Waals surface area contributed by atoms with Crippen LogP contribution >= 0.6 is 0 Å². The van der Waals surface area contributed by atoms with Gasteiger partial charge >= 0.3 is 15.8 Å². The first-order valence-electron chi connectivity index (χ1n) is 8.41. The number of rotatable bonds is 3. The zero-order chi connectivity index (χ0) is 19.4. The van der Waals surface area contributed by atoms with E-state index in [9.17, 15) is 18.0 Å². The van der Waals surface area contributed by atoms with Crippen molar-refractivity contribution in [2.24, 2.45) is 0 Å². The fourth-order valence-corrected chi connectivity index (χ4v) is 4.87. The van der Waals surface area contributed by atoms with E-state index >= 15 is 0 Å². The second kappa shape index (κ2) is 6.21. The highest BCUT2D eigenvalue weighted by atomic mass is 32.2. The van der Waals surface area contributed by atoms with Crippen LogP contribution in [0, 0.1) is 6.92 Å². The second-order valence-corrected chi connectivity index (χ2v) is 8.90. The highest BCUT2D eigenvalue weighted by Crippen LogP contribution is 2.30. The van der Waals surface area contributed by atoms with Crippen LogP contribution in [-0.2, 0) is 21.5 Å². The maximum Gasteiger partial charge on any atom is 0.336 e. The van der Waals surface area contributed by atoms with Crippen LogP contribution in [0.25, 0.3) is 11.0 Å². The van der Waals surface area contributed by atoms with Crippen molar-refractivity contribution in [1.82, 2.24) is 8.61 Å². The van der Waals surface area contributed by atoms with Crippen molar-refractivity contribution >= 4 is 27.1 Å². The Bertz CT molecular complexity index is 1060. The number of hydrogen-bond acceptors (Lipinski definition) is 5. The minimum Gasteiger partial charge on any atom is -0.423 e. The van der Waals surface area contributed by atoms with E-state index in [0.29, 0.717) is 16.5 Å². The molecule has 1 atom stereocenters. The lowest BCUT2D eigenvalue weighted by Crippen LogP contribution is -2.33. The summed E-state index contributed by atoms with van der Waals surface area (Å²) >= 11 is 0. The van der Waals surface area contributed by atoms with Gasteiger partial charge in [0.1, 0.15) is 11.6 Å². The molecule has 7 nitrogen and oxygen atoms in total. The van der Waals surface area contributed by atoms with Crippen LogP contribution < -0.4 is 5.63 Å². The molecule has 0 bridgehead atoms. The average Bonchev–Trinajstić information content (AvgIpc) is 2.68. The second-order valence-electron chi connectivity index (χ2n) is 6.99. The Morgan fingerprint density at radius 2 is 1.85 bits per heavy atom. The molecule has 1 unspecified atom stereocenters. The molecule has 1 saturated heterocycles. The maximum atomic E-state index is 12.5. The smallest absolute Gasteiger partial charge is 0.336 e. The third-order valence-electron chi connectivity index (χ3n) is 4.91. The van der Waals surface area contributed by atoms with Crippen molar-refractivity contribution in [2.75, 3.05) is 7.05 Å². The Hall–Kier alpha value is -2.19. The largest absolute Gasteiger partial charge is 0.423 e. The molecule has 1 aliphatic rings. The fraction of sp³-hybridized carbons (Fsp3) is 0.444. The fourth-order valence-electron chi connectivity index (χ4n) is 3.39. The van der Waals surface area contributed by atoms with Gasteiger partial charge in [-0.3, -0.25) is 4.79 Å². The molecule has 2 heterocycles. The number of carbonyl (C=O) groups is 1. The molecule has 0 radical (unpaired) electrons. The third-order valence-corrected chi connectivity index (χ3v) is 6.82. The minimum atomic E-state index is -3.89. The topological polar surface area (TPSA) is 87.9 Å². The first kappa shape index (κ1) is 18.6. The van der Waals surface area contributed by atoms with Crippen LogP contribution in [0.4, 0.5) is 0 Å². The van der Waals surface area contributed by atoms with Gasteiger partial charge in [-0.05, 0) is 48.6 Å². The number of aryl methyl sites for hydroxylation is 1. The summed E-state index contributed by atoms with van der Waals surface area (Å²) in [7, 11) is -2.65.